The summed E-state index contributed by atoms with van der Waals surface area (Å²) in [7, 11) is 1.33. The lowest BCUT2D eigenvalue weighted by Gasteiger charge is -2.06. The second kappa shape index (κ2) is 3.83. The molecule has 1 aromatic heterocycles. The van der Waals surface area contributed by atoms with Gasteiger partial charge in [0.05, 0.1) is 7.11 Å². The molecule has 0 aromatic carbocycles. The van der Waals surface area contributed by atoms with Crippen molar-refractivity contribution in [3.05, 3.63) is 16.0 Å². The number of carbonyl (C=O) groups excluding carboxylic acids is 1. The lowest BCUT2D eigenvalue weighted by Crippen LogP contribution is -2.28. The Hall–Kier alpha value is -1.07. The molecule has 1 aromatic rings. The average Bonchev–Trinajstić information content (AvgIpc) is 2.60. The zero-order valence-electron chi connectivity index (χ0n) is 7.75. The van der Waals surface area contributed by atoms with Crippen molar-refractivity contribution in [3.8, 4) is 0 Å². The summed E-state index contributed by atoms with van der Waals surface area (Å²) >= 11 is 11.5. The molecule has 1 atom stereocenters. The van der Waals surface area contributed by atoms with Gasteiger partial charge in [0, 0.05) is 12.0 Å². The molecule has 0 radical (unpaired) electrons. The molecule has 7 heteroatoms. The fourth-order valence-corrected chi connectivity index (χ4v) is 1.89. The molecule has 0 aliphatic carbocycles. The molecule has 2 heterocycles. The van der Waals surface area contributed by atoms with E-state index in [1.807, 2.05) is 0 Å². The highest BCUT2D eigenvalue weighted by molar-refractivity contribution is 6.32. The van der Waals surface area contributed by atoms with Crippen LogP contribution in [0.3, 0.4) is 0 Å². The molecule has 0 bridgehead atoms. The zero-order chi connectivity index (χ0) is 11.0. The number of carbonyl (C=O) groups is 1. The molecule has 1 N–H and O–H groups in total. The summed E-state index contributed by atoms with van der Waals surface area (Å²) in [5, 5.41) is 3.19. The van der Waals surface area contributed by atoms with Crippen molar-refractivity contribution in [3.63, 3.8) is 0 Å². The number of halogens is 2. The number of methoxy groups -OCH3 is 1. The van der Waals surface area contributed by atoms with Crippen molar-refractivity contribution >= 4 is 35.0 Å². The highest BCUT2D eigenvalue weighted by atomic mass is 35.5. The van der Waals surface area contributed by atoms with Crippen molar-refractivity contribution in [1.29, 1.82) is 0 Å². The van der Waals surface area contributed by atoms with E-state index in [-0.39, 0.29) is 16.4 Å². The molecule has 1 aliphatic heterocycles. The van der Waals surface area contributed by atoms with Gasteiger partial charge in [0.15, 0.2) is 0 Å². The van der Waals surface area contributed by atoms with Crippen LogP contribution < -0.4 is 5.32 Å². The van der Waals surface area contributed by atoms with Crippen molar-refractivity contribution < 1.29 is 9.53 Å². The van der Waals surface area contributed by atoms with Gasteiger partial charge >= 0.3 is 5.97 Å². The van der Waals surface area contributed by atoms with Gasteiger partial charge in [-0.25, -0.2) is 14.8 Å². The number of aromatic nitrogens is 2. The van der Waals surface area contributed by atoms with Crippen LogP contribution in [0.5, 0.6) is 0 Å². The molecule has 0 amide bonds. The number of anilines is 1. The van der Waals surface area contributed by atoms with Crippen LogP contribution in [-0.2, 0) is 16.0 Å². The molecule has 0 spiro atoms. The second-order valence-electron chi connectivity index (χ2n) is 3.03. The van der Waals surface area contributed by atoms with Gasteiger partial charge in [0.1, 0.15) is 17.0 Å². The van der Waals surface area contributed by atoms with E-state index in [1.54, 1.807) is 0 Å². The first-order valence-corrected chi connectivity index (χ1v) is 4.93. The number of esters is 1. The van der Waals surface area contributed by atoms with E-state index in [0.29, 0.717) is 17.8 Å². The third-order valence-corrected chi connectivity index (χ3v) is 2.62. The normalized spacial score (nSPS) is 18.2. The van der Waals surface area contributed by atoms with Crippen molar-refractivity contribution in [2.24, 2.45) is 0 Å². The van der Waals surface area contributed by atoms with E-state index in [1.165, 1.54) is 7.11 Å². The first-order valence-electron chi connectivity index (χ1n) is 4.18. The van der Waals surface area contributed by atoms with E-state index >= 15 is 0 Å². The maximum Gasteiger partial charge on any atom is 0.328 e. The van der Waals surface area contributed by atoms with Gasteiger partial charge in [0.25, 0.3) is 0 Å². The number of nitrogens with zero attached hydrogens (tertiary/aromatic N) is 2. The lowest BCUT2D eigenvalue weighted by atomic mass is 10.2. The maximum atomic E-state index is 11.3. The lowest BCUT2D eigenvalue weighted by molar-refractivity contribution is -0.141. The van der Waals surface area contributed by atoms with Crippen LogP contribution in [0.1, 0.15) is 5.56 Å². The van der Waals surface area contributed by atoms with Gasteiger partial charge < -0.3 is 10.1 Å². The van der Waals surface area contributed by atoms with E-state index < -0.39 is 6.04 Å². The minimum absolute atomic E-state index is 0.0526. The number of hydrogen-bond donors (Lipinski definition) is 1. The summed E-state index contributed by atoms with van der Waals surface area (Å²) in [6, 6.07) is -0.463. The predicted molar refractivity (Wildman–Crippen MR) is 55.2 cm³/mol. The highest BCUT2D eigenvalue weighted by Crippen LogP contribution is 2.30. The summed E-state index contributed by atoms with van der Waals surface area (Å²) in [4.78, 5) is 19.0. The van der Waals surface area contributed by atoms with E-state index in [4.69, 9.17) is 23.2 Å². The molecule has 5 nitrogen and oxygen atoms in total. The molecule has 2 rings (SSSR count). The molecule has 15 heavy (non-hydrogen) atoms. The number of nitrogens with one attached hydrogen (secondary N) is 1. The first-order chi connectivity index (χ1) is 7.11. The third-order valence-electron chi connectivity index (χ3n) is 2.13. The average molecular weight is 248 g/mol. The number of hydrogen-bond acceptors (Lipinski definition) is 5. The molecular weight excluding hydrogens is 241 g/mol. The van der Waals surface area contributed by atoms with Crippen molar-refractivity contribution in [1.82, 2.24) is 9.97 Å². The standard InChI is InChI=1S/C8H7Cl2N3O2/c1-15-7(14)4-2-3-5(9)12-8(10)13-6(3)11-4/h4H,2H2,1H3,(H,11,12,13). The fraction of sp³-hybridized carbons (Fsp3) is 0.375. The van der Waals surface area contributed by atoms with Crippen LogP contribution in [0.15, 0.2) is 0 Å². The maximum absolute atomic E-state index is 11.3. The smallest absolute Gasteiger partial charge is 0.328 e. The van der Waals surface area contributed by atoms with Crippen molar-refractivity contribution in [2.75, 3.05) is 12.4 Å². The van der Waals surface area contributed by atoms with Crippen LogP contribution in [-0.4, -0.2) is 29.1 Å². The van der Waals surface area contributed by atoms with Crippen LogP contribution in [0.2, 0.25) is 10.4 Å². The van der Waals surface area contributed by atoms with Crippen molar-refractivity contribution in [2.45, 2.75) is 12.5 Å². The zero-order valence-corrected chi connectivity index (χ0v) is 9.26. The van der Waals surface area contributed by atoms with Gasteiger partial charge in [-0.1, -0.05) is 11.6 Å². The number of ether oxygens (including phenoxy) is 1. The monoisotopic (exact) mass is 247 g/mol. The summed E-state index contributed by atoms with van der Waals surface area (Å²) in [6.07, 6.45) is 0.415. The molecule has 1 aliphatic rings. The van der Waals surface area contributed by atoms with Crippen LogP contribution in [0.4, 0.5) is 5.82 Å². The predicted octanol–water partition coefficient (Wildman–Crippen LogP) is 1.29. The van der Waals surface area contributed by atoms with Crippen LogP contribution >= 0.6 is 23.2 Å². The Morgan fingerprint density at radius 1 is 1.53 bits per heavy atom. The minimum atomic E-state index is -0.463. The van der Waals surface area contributed by atoms with Gasteiger partial charge in [-0.05, 0) is 11.6 Å². The Balaban J connectivity index is 2.31. The number of rotatable bonds is 1. The molecule has 0 saturated carbocycles. The molecule has 0 saturated heterocycles. The minimum Gasteiger partial charge on any atom is -0.467 e. The largest absolute Gasteiger partial charge is 0.467 e. The van der Waals surface area contributed by atoms with E-state index in [2.05, 4.69) is 20.0 Å². The third kappa shape index (κ3) is 1.85. The quantitative estimate of drug-likeness (QED) is 0.461. The Bertz CT molecular complexity index is 425. The van der Waals surface area contributed by atoms with Gasteiger partial charge in [-0.15, -0.1) is 0 Å². The molecule has 80 valence electrons. The summed E-state index contributed by atoms with van der Waals surface area (Å²) < 4.78 is 4.61. The SMILES string of the molecule is COC(=O)C1Cc2c(Cl)nc(Cl)nc2N1. The Morgan fingerprint density at radius 3 is 2.93 bits per heavy atom. The highest BCUT2D eigenvalue weighted by Gasteiger charge is 2.31. The number of fused-ring (bicyclic) bond motifs is 1. The second-order valence-corrected chi connectivity index (χ2v) is 3.73. The van der Waals surface area contributed by atoms with E-state index in [9.17, 15) is 4.79 Å². The fourth-order valence-electron chi connectivity index (χ4n) is 1.44. The summed E-state index contributed by atoms with van der Waals surface area (Å²) in [5.74, 6) is 0.135. The van der Waals surface area contributed by atoms with Gasteiger partial charge in [0.2, 0.25) is 5.28 Å². The van der Waals surface area contributed by atoms with Gasteiger partial charge in [-0.3, -0.25) is 0 Å². The van der Waals surface area contributed by atoms with Crippen LogP contribution in [0.25, 0.3) is 0 Å². The summed E-state index contributed by atoms with van der Waals surface area (Å²) in [5.41, 5.74) is 0.691. The summed E-state index contributed by atoms with van der Waals surface area (Å²) in [6.45, 7) is 0. The first kappa shape index (κ1) is 10.4. The van der Waals surface area contributed by atoms with Crippen LogP contribution in [0, 0.1) is 0 Å². The molecule has 0 fully saturated rings. The Morgan fingerprint density at radius 2 is 2.27 bits per heavy atom. The molecule has 1 unspecified atom stereocenters. The molecular formula is C8H7Cl2N3O2. The topological polar surface area (TPSA) is 64.1 Å². The van der Waals surface area contributed by atoms with E-state index in [0.717, 1.165) is 0 Å². The van der Waals surface area contributed by atoms with Gasteiger partial charge in [-0.2, -0.15) is 0 Å². The Kier molecular flexibility index (Phi) is 2.67. The Labute approximate surface area is 95.8 Å².